The van der Waals surface area contributed by atoms with Crippen LogP contribution in [0.5, 0.6) is 23.0 Å². The van der Waals surface area contributed by atoms with E-state index in [1.165, 1.54) is 0 Å². The molecule has 12 nitrogen and oxygen atoms in total. The summed E-state index contributed by atoms with van der Waals surface area (Å²) < 4.78 is 13.9. The largest absolute Gasteiger partial charge is 0.456 e. The first-order valence-corrected chi connectivity index (χ1v) is 29.4. The van der Waals surface area contributed by atoms with Crippen molar-refractivity contribution in [1.29, 1.82) is 0 Å². The Hall–Kier alpha value is -7.80. The van der Waals surface area contributed by atoms with E-state index in [9.17, 15) is 9.59 Å². The summed E-state index contributed by atoms with van der Waals surface area (Å²) in [5, 5.41) is 7.46. The van der Waals surface area contributed by atoms with Gasteiger partial charge >= 0.3 is 0 Å². The van der Waals surface area contributed by atoms with Crippen molar-refractivity contribution in [3.05, 3.63) is 201 Å². The smallest absolute Gasteiger partial charge is 0.255 e. The van der Waals surface area contributed by atoms with Gasteiger partial charge in [-0.15, -0.1) is 0 Å². The van der Waals surface area contributed by atoms with E-state index in [0.29, 0.717) is 39.3 Å². The van der Waals surface area contributed by atoms with Crippen molar-refractivity contribution in [1.82, 2.24) is 20.4 Å². The van der Waals surface area contributed by atoms with Gasteiger partial charge in [-0.2, -0.15) is 0 Å². The highest BCUT2D eigenvalue weighted by Crippen LogP contribution is 2.60. The van der Waals surface area contributed by atoms with Gasteiger partial charge in [-0.1, -0.05) is 84.9 Å². The second-order valence-corrected chi connectivity index (χ2v) is 21.2. The predicted octanol–water partition coefficient (Wildman–Crippen LogP) is 12.4. The van der Waals surface area contributed by atoms with Gasteiger partial charge in [0, 0.05) is 172 Å². The standard InChI is InChI=1S/C68H78N8O4/c1-9-71(10-2)49-28-32-57-61(41-49)79-62-42-50(72(11-3)12-4)29-33-58(62)67(57)55-26-19-17-24-53(55)65(77)75(67)38-36-69-45-47-22-21-23-48(40-47)46-70-37-39-76-66(78)54-25-18-20-27-56(54)68(76)59-34-30-51(73(13-5)14-6)43-63(59)80-64-44-52(31-35-60(64)68)74(15-7)16-8/h17-35,40-44,69-70H,9-16,36-39,45-46H2,1-8H3. The van der Waals surface area contributed by atoms with Crippen molar-refractivity contribution in [3.63, 3.8) is 0 Å². The molecule has 80 heavy (non-hydrogen) atoms. The molecule has 2 amide bonds. The van der Waals surface area contributed by atoms with Gasteiger partial charge in [0.25, 0.3) is 11.8 Å². The Morgan fingerprint density at radius 2 is 0.688 bits per heavy atom. The third-order valence-corrected chi connectivity index (χ3v) is 17.4. The number of fused-ring (bicyclic) bond motifs is 12. The van der Waals surface area contributed by atoms with Crippen molar-refractivity contribution < 1.29 is 19.1 Å². The number of carbonyl (C=O) groups is 2. The third-order valence-electron chi connectivity index (χ3n) is 17.4. The van der Waals surface area contributed by atoms with Crippen LogP contribution in [0.15, 0.2) is 146 Å². The topological polar surface area (TPSA) is 96.1 Å². The first kappa shape index (κ1) is 54.2. The lowest BCUT2D eigenvalue weighted by Crippen LogP contribution is -2.49. The number of hydrogen-bond acceptors (Lipinski definition) is 10. The van der Waals surface area contributed by atoms with Gasteiger partial charge in [-0.25, -0.2) is 0 Å². The second kappa shape index (κ2) is 22.7. The van der Waals surface area contributed by atoms with Crippen molar-refractivity contribution in [2.24, 2.45) is 0 Å². The summed E-state index contributed by atoms with van der Waals surface area (Å²) in [6, 6.07) is 51.1. The molecule has 0 fully saturated rings. The molecule has 0 atom stereocenters. The number of rotatable bonds is 22. The Morgan fingerprint density at radius 3 is 1.00 bits per heavy atom. The fourth-order valence-corrected chi connectivity index (χ4v) is 13.5. The molecule has 2 N–H and O–H groups in total. The molecule has 7 aromatic rings. The van der Waals surface area contributed by atoms with Crippen LogP contribution in [0.3, 0.4) is 0 Å². The van der Waals surface area contributed by atoms with E-state index in [4.69, 9.17) is 9.47 Å². The summed E-state index contributed by atoms with van der Waals surface area (Å²) in [5.41, 5.74) is 12.2. The van der Waals surface area contributed by atoms with Gasteiger partial charge in [-0.05, 0) is 114 Å². The molecule has 2 spiro atoms. The van der Waals surface area contributed by atoms with Crippen LogP contribution in [0, 0.1) is 0 Å². The number of anilines is 4. The number of nitrogens with one attached hydrogen (secondary N) is 2. The molecular weight excluding hydrogens is 993 g/mol. The van der Waals surface area contributed by atoms with Crippen molar-refractivity contribution in [2.75, 3.05) is 98.1 Å². The maximum atomic E-state index is 14.9. The molecule has 4 aliphatic heterocycles. The van der Waals surface area contributed by atoms with Gasteiger partial charge in [0.2, 0.25) is 0 Å². The van der Waals surface area contributed by atoms with E-state index in [1.807, 2.05) is 24.3 Å². The normalized spacial score (nSPS) is 14.7. The lowest BCUT2D eigenvalue weighted by Gasteiger charge is -2.45. The van der Waals surface area contributed by atoms with Crippen LogP contribution < -0.4 is 39.7 Å². The molecule has 4 aliphatic rings. The van der Waals surface area contributed by atoms with Gasteiger partial charge in [0.15, 0.2) is 0 Å². The highest BCUT2D eigenvalue weighted by molar-refractivity contribution is 6.03. The summed E-state index contributed by atoms with van der Waals surface area (Å²) in [6.45, 7) is 27.7. The molecule has 11 rings (SSSR count). The summed E-state index contributed by atoms with van der Waals surface area (Å²) in [6.07, 6.45) is 0. The van der Waals surface area contributed by atoms with Gasteiger partial charge in [0.05, 0.1) is 0 Å². The van der Waals surface area contributed by atoms with Crippen molar-refractivity contribution in [3.8, 4) is 23.0 Å². The number of carbonyl (C=O) groups excluding carboxylic acids is 2. The first-order chi connectivity index (χ1) is 39.1. The summed E-state index contributed by atoms with van der Waals surface area (Å²) >= 11 is 0. The van der Waals surface area contributed by atoms with E-state index in [2.05, 4.69) is 217 Å². The van der Waals surface area contributed by atoms with Crippen LogP contribution in [0.2, 0.25) is 0 Å². The van der Waals surface area contributed by atoms with Crippen molar-refractivity contribution in [2.45, 2.75) is 79.6 Å². The molecule has 0 saturated carbocycles. The fourth-order valence-electron chi connectivity index (χ4n) is 13.5. The van der Waals surface area contributed by atoms with Crippen LogP contribution in [-0.4, -0.2) is 100 Å². The van der Waals surface area contributed by atoms with Crippen LogP contribution in [-0.2, 0) is 24.2 Å². The molecule has 0 saturated heterocycles. The fraction of sp³-hybridized carbons (Fsp3) is 0.353. The third kappa shape index (κ3) is 8.91. The molecule has 414 valence electrons. The molecule has 0 aliphatic carbocycles. The highest BCUT2D eigenvalue weighted by atomic mass is 16.5. The lowest BCUT2D eigenvalue weighted by molar-refractivity contribution is 0.0659. The quantitative estimate of drug-likeness (QED) is 0.0639. The zero-order valence-corrected chi connectivity index (χ0v) is 48.1. The molecule has 0 bridgehead atoms. The zero-order valence-electron chi connectivity index (χ0n) is 48.1. The lowest BCUT2D eigenvalue weighted by atomic mass is 9.74. The molecule has 7 aromatic carbocycles. The number of amides is 2. The van der Waals surface area contributed by atoms with E-state index in [0.717, 1.165) is 154 Å². The Labute approximate surface area is 473 Å². The molecule has 0 unspecified atom stereocenters. The first-order valence-electron chi connectivity index (χ1n) is 29.4. The van der Waals surface area contributed by atoms with Crippen LogP contribution in [0.1, 0.15) is 121 Å². The Bertz CT molecular complexity index is 3070. The molecule has 0 radical (unpaired) electrons. The maximum Gasteiger partial charge on any atom is 0.255 e. The van der Waals surface area contributed by atoms with Crippen LogP contribution in [0.25, 0.3) is 0 Å². The van der Waals surface area contributed by atoms with Crippen LogP contribution in [0.4, 0.5) is 22.7 Å². The van der Waals surface area contributed by atoms with Gasteiger partial charge in [0.1, 0.15) is 34.1 Å². The summed E-state index contributed by atoms with van der Waals surface area (Å²) in [7, 11) is 0. The number of hydrogen-bond donors (Lipinski definition) is 2. The Morgan fingerprint density at radius 1 is 0.375 bits per heavy atom. The average molecular weight is 1070 g/mol. The monoisotopic (exact) mass is 1070 g/mol. The minimum atomic E-state index is -0.892. The molecular formula is C68H78N8O4. The summed E-state index contributed by atoms with van der Waals surface area (Å²) in [4.78, 5) is 43.4. The van der Waals surface area contributed by atoms with Crippen molar-refractivity contribution >= 4 is 34.6 Å². The van der Waals surface area contributed by atoms with E-state index >= 15 is 0 Å². The average Bonchev–Trinajstić information content (AvgIpc) is 3.55. The molecule has 0 aromatic heterocycles. The molecule has 12 heteroatoms. The Kier molecular flexibility index (Phi) is 15.4. The molecule has 4 heterocycles. The van der Waals surface area contributed by atoms with Crippen LogP contribution >= 0.6 is 0 Å². The summed E-state index contributed by atoms with van der Waals surface area (Å²) in [5.74, 6) is 3.12. The van der Waals surface area contributed by atoms with Gasteiger partial charge in [-0.3, -0.25) is 9.59 Å². The number of ether oxygens (including phenoxy) is 2. The second-order valence-electron chi connectivity index (χ2n) is 21.2. The SMILES string of the molecule is CCN(CC)c1ccc2c(c1)Oc1cc(N(CC)CC)ccc1C21c2ccccc2C(=O)N1CCNCc1cccc(CNCCN2C(=O)c3ccccc3C23c2ccc(N(CC)CC)cc2Oc2cc(N(CC)CC)ccc23)c1. The Balaban J connectivity index is 0.827. The minimum absolute atomic E-state index is 0.0134. The predicted molar refractivity (Wildman–Crippen MR) is 325 cm³/mol. The zero-order chi connectivity index (χ0) is 55.7. The maximum absolute atomic E-state index is 14.9. The van der Waals surface area contributed by atoms with E-state index in [1.54, 1.807) is 0 Å². The number of benzene rings is 7. The van der Waals surface area contributed by atoms with Gasteiger partial charge < -0.3 is 49.5 Å². The highest BCUT2D eigenvalue weighted by Gasteiger charge is 2.58. The minimum Gasteiger partial charge on any atom is -0.456 e. The van der Waals surface area contributed by atoms with E-state index in [-0.39, 0.29) is 11.8 Å². The van der Waals surface area contributed by atoms with E-state index < -0.39 is 11.1 Å². The number of nitrogens with zero attached hydrogens (tertiary/aromatic N) is 6.